The average Bonchev–Trinajstić information content (AvgIpc) is 2.73. The van der Waals surface area contributed by atoms with Gasteiger partial charge in [0.1, 0.15) is 5.60 Å². The van der Waals surface area contributed by atoms with Gasteiger partial charge in [-0.1, -0.05) is 11.6 Å². The Morgan fingerprint density at radius 3 is 2.77 bits per heavy atom. The Labute approximate surface area is 135 Å². The van der Waals surface area contributed by atoms with Crippen LogP contribution in [0.25, 0.3) is 10.9 Å². The van der Waals surface area contributed by atoms with Gasteiger partial charge in [0.05, 0.1) is 0 Å². The molecule has 0 saturated carbocycles. The van der Waals surface area contributed by atoms with Gasteiger partial charge in [-0.05, 0) is 39.8 Å². The van der Waals surface area contributed by atoms with Crippen LogP contribution in [0.3, 0.4) is 0 Å². The van der Waals surface area contributed by atoms with Crippen molar-refractivity contribution in [1.29, 1.82) is 0 Å². The topological polar surface area (TPSA) is 45.3 Å². The number of aryl methyl sites for hydroxylation is 1. The highest BCUT2D eigenvalue weighted by Crippen LogP contribution is 2.35. The number of nitrogens with one attached hydrogen (secondary N) is 1. The van der Waals surface area contributed by atoms with Crippen LogP contribution >= 0.6 is 11.8 Å². The van der Waals surface area contributed by atoms with E-state index in [0.717, 1.165) is 18.6 Å². The molecular formula is C17H22N2O2S. The number of rotatable bonds is 2. The number of fused-ring (bicyclic) bond motifs is 1. The minimum Gasteiger partial charge on any atom is -0.444 e. The molecule has 5 heteroatoms. The third-order valence-electron chi connectivity index (χ3n) is 3.59. The van der Waals surface area contributed by atoms with E-state index in [2.05, 4.69) is 36.3 Å². The predicted molar refractivity (Wildman–Crippen MR) is 90.5 cm³/mol. The van der Waals surface area contributed by atoms with Gasteiger partial charge in [0.2, 0.25) is 0 Å². The molecule has 1 saturated heterocycles. The summed E-state index contributed by atoms with van der Waals surface area (Å²) in [6, 6.07) is 6.43. The molecule has 1 N–H and O–H groups in total. The molecule has 1 aliphatic heterocycles. The van der Waals surface area contributed by atoms with Crippen molar-refractivity contribution in [1.82, 2.24) is 9.88 Å². The van der Waals surface area contributed by atoms with Crippen molar-refractivity contribution < 1.29 is 9.53 Å². The maximum absolute atomic E-state index is 11.9. The molecule has 118 valence electrons. The van der Waals surface area contributed by atoms with E-state index in [-0.39, 0.29) is 6.09 Å². The number of hydrogen-bond acceptors (Lipinski definition) is 3. The number of benzene rings is 1. The number of H-pyrrole nitrogens is 1. The number of carbonyl (C=O) groups is 1. The highest BCUT2D eigenvalue weighted by Gasteiger charge is 2.34. The molecule has 1 aromatic carbocycles. The Bertz CT molecular complexity index is 696. The van der Waals surface area contributed by atoms with Gasteiger partial charge in [-0.15, -0.1) is 11.8 Å². The number of nitrogens with zero attached hydrogens (tertiary/aromatic N) is 1. The molecule has 0 bridgehead atoms. The summed E-state index contributed by atoms with van der Waals surface area (Å²) < 4.78 is 5.38. The zero-order valence-electron chi connectivity index (χ0n) is 13.5. The Morgan fingerprint density at radius 2 is 2.09 bits per heavy atom. The van der Waals surface area contributed by atoms with Gasteiger partial charge in [-0.2, -0.15) is 0 Å². The molecule has 1 amide bonds. The number of hydrogen-bond donors (Lipinski definition) is 1. The summed E-state index contributed by atoms with van der Waals surface area (Å²) >= 11 is 1.83. The second-order valence-corrected chi connectivity index (χ2v) is 8.17. The predicted octanol–water partition coefficient (Wildman–Crippen LogP) is 4.19. The van der Waals surface area contributed by atoms with Gasteiger partial charge in [0.25, 0.3) is 0 Å². The first-order chi connectivity index (χ1) is 10.3. The zero-order chi connectivity index (χ0) is 15.9. The van der Waals surface area contributed by atoms with Crippen molar-refractivity contribution in [3.05, 3.63) is 30.0 Å². The quantitative estimate of drug-likeness (QED) is 0.903. The molecule has 3 rings (SSSR count). The van der Waals surface area contributed by atoms with Gasteiger partial charge in [0, 0.05) is 40.3 Å². The monoisotopic (exact) mass is 318 g/mol. The molecule has 2 aromatic rings. The van der Waals surface area contributed by atoms with Gasteiger partial charge in [-0.3, -0.25) is 0 Å². The maximum atomic E-state index is 11.9. The van der Waals surface area contributed by atoms with E-state index in [1.165, 1.54) is 15.8 Å². The Hall–Kier alpha value is -1.62. The molecule has 2 heterocycles. The normalized spacial score (nSPS) is 15.9. The largest absolute Gasteiger partial charge is 0.444 e. The molecule has 0 atom stereocenters. The molecule has 0 radical (unpaired) electrons. The fraction of sp³-hybridized carbons (Fsp3) is 0.471. The van der Waals surface area contributed by atoms with Crippen LogP contribution in [0.1, 0.15) is 26.3 Å². The summed E-state index contributed by atoms with van der Waals surface area (Å²) in [4.78, 5) is 18.3. The molecule has 0 spiro atoms. The lowest BCUT2D eigenvalue weighted by molar-refractivity contribution is 0.0144. The lowest BCUT2D eigenvalue weighted by Gasteiger charge is -2.39. The van der Waals surface area contributed by atoms with E-state index >= 15 is 0 Å². The van der Waals surface area contributed by atoms with E-state index in [4.69, 9.17) is 4.74 Å². The minimum absolute atomic E-state index is 0.209. The molecule has 4 nitrogen and oxygen atoms in total. The van der Waals surface area contributed by atoms with E-state index in [1.807, 2.05) is 32.5 Å². The number of likely N-dealkylation sites (tertiary alicyclic amines) is 1. The summed E-state index contributed by atoms with van der Waals surface area (Å²) in [5, 5.41) is 1.70. The van der Waals surface area contributed by atoms with Crippen LogP contribution in [0.5, 0.6) is 0 Å². The number of ether oxygens (including phenoxy) is 1. The Kier molecular flexibility index (Phi) is 3.85. The second-order valence-electron chi connectivity index (χ2n) is 6.83. The van der Waals surface area contributed by atoms with Crippen LogP contribution in [0, 0.1) is 6.92 Å². The molecule has 1 fully saturated rings. The fourth-order valence-electron chi connectivity index (χ4n) is 2.47. The van der Waals surface area contributed by atoms with Gasteiger partial charge < -0.3 is 14.6 Å². The third-order valence-corrected chi connectivity index (χ3v) is 4.82. The number of aromatic amines is 1. The molecule has 0 aliphatic carbocycles. The van der Waals surface area contributed by atoms with Crippen molar-refractivity contribution in [3.8, 4) is 0 Å². The van der Waals surface area contributed by atoms with Crippen molar-refractivity contribution in [2.24, 2.45) is 0 Å². The van der Waals surface area contributed by atoms with Crippen molar-refractivity contribution >= 4 is 28.8 Å². The standard InChI is InChI=1S/C17H22N2O2S/c1-11-5-6-14-13(7-11)15(8-18-14)22-12-9-19(10-12)16(20)21-17(2,3)4/h5-8,12,18H,9-10H2,1-4H3. The molecule has 22 heavy (non-hydrogen) atoms. The lowest BCUT2D eigenvalue weighted by atomic mass is 10.2. The Balaban J connectivity index is 1.60. The van der Waals surface area contributed by atoms with Crippen LogP contribution in [0.4, 0.5) is 4.79 Å². The second kappa shape index (κ2) is 5.54. The first-order valence-corrected chi connectivity index (χ1v) is 8.42. The summed E-state index contributed by atoms with van der Waals surface area (Å²) in [6.07, 6.45) is 1.85. The van der Waals surface area contributed by atoms with Crippen molar-refractivity contribution in [2.75, 3.05) is 13.1 Å². The summed E-state index contributed by atoms with van der Waals surface area (Å²) in [5.74, 6) is 0. The van der Waals surface area contributed by atoms with Crippen LogP contribution in [0.15, 0.2) is 29.3 Å². The minimum atomic E-state index is -0.427. The van der Waals surface area contributed by atoms with Crippen LogP contribution in [-0.4, -0.2) is 39.9 Å². The highest BCUT2D eigenvalue weighted by atomic mass is 32.2. The maximum Gasteiger partial charge on any atom is 0.410 e. The lowest BCUT2D eigenvalue weighted by Crippen LogP contribution is -2.53. The highest BCUT2D eigenvalue weighted by molar-refractivity contribution is 8.00. The van der Waals surface area contributed by atoms with Crippen molar-refractivity contribution in [2.45, 2.75) is 43.4 Å². The number of carbonyl (C=O) groups excluding carboxylic acids is 1. The zero-order valence-corrected chi connectivity index (χ0v) is 14.3. The molecule has 0 unspecified atom stereocenters. The fourth-order valence-corrected chi connectivity index (χ4v) is 3.77. The molecule has 1 aromatic heterocycles. The summed E-state index contributed by atoms with van der Waals surface area (Å²) in [6.45, 7) is 9.28. The van der Waals surface area contributed by atoms with Crippen molar-refractivity contribution in [3.63, 3.8) is 0 Å². The van der Waals surface area contributed by atoms with Gasteiger partial charge in [-0.25, -0.2) is 4.79 Å². The van der Waals surface area contributed by atoms with Crippen LogP contribution < -0.4 is 0 Å². The SMILES string of the molecule is Cc1ccc2[nH]cc(SC3CN(C(=O)OC(C)(C)C)C3)c2c1. The first-order valence-electron chi connectivity index (χ1n) is 7.54. The van der Waals surface area contributed by atoms with Crippen LogP contribution in [-0.2, 0) is 4.74 Å². The van der Waals surface area contributed by atoms with E-state index in [1.54, 1.807) is 4.90 Å². The van der Waals surface area contributed by atoms with E-state index in [0.29, 0.717) is 5.25 Å². The van der Waals surface area contributed by atoms with Crippen LogP contribution in [0.2, 0.25) is 0 Å². The Morgan fingerprint density at radius 1 is 1.36 bits per heavy atom. The van der Waals surface area contributed by atoms with Gasteiger partial charge >= 0.3 is 6.09 Å². The first kappa shape index (κ1) is 15.3. The van der Waals surface area contributed by atoms with E-state index in [9.17, 15) is 4.79 Å². The third kappa shape index (κ3) is 3.24. The molecular weight excluding hydrogens is 296 g/mol. The summed E-state index contributed by atoms with van der Waals surface area (Å²) in [7, 11) is 0. The molecule has 1 aliphatic rings. The van der Waals surface area contributed by atoms with Gasteiger partial charge in [0.15, 0.2) is 0 Å². The summed E-state index contributed by atoms with van der Waals surface area (Å²) in [5.41, 5.74) is 2.00. The smallest absolute Gasteiger partial charge is 0.410 e. The number of amides is 1. The number of aromatic nitrogens is 1. The number of thioether (sulfide) groups is 1. The average molecular weight is 318 g/mol. The van der Waals surface area contributed by atoms with E-state index < -0.39 is 5.60 Å².